The van der Waals surface area contributed by atoms with Crippen LogP contribution in [0, 0.1) is 12.7 Å². The fourth-order valence-electron chi connectivity index (χ4n) is 3.96. The monoisotopic (exact) mass is 425 g/mol. The lowest BCUT2D eigenvalue weighted by Crippen LogP contribution is -2.46. The van der Waals surface area contributed by atoms with Crippen LogP contribution in [0.15, 0.2) is 29.1 Å². The van der Waals surface area contributed by atoms with Crippen molar-refractivity contribution in [2.45, 2.75) is 26.8 Å². The van der Waals surface area contributed by atoms with Crippen molar-refractivity contribution in [3.63, 3.8) is 0 Å². The van der Waals surface area contributed by atoms with E-state index in [9.17, 15) is 9.59 Å². The smallest absolute Gasteiger partial charge is 0.354 e. The number of H-pyrrole nitrogens is 1. The Morgan fingerprint density at radius 3 is 2.55 bits per heavy atom. The molecule has 3 aromatic rings. The van der Waals surface area contributed by atoms with Gasteiger partial charge in [-0.1, -0.05) is 13.0 Å². The Morgan fingerprint density at radius 1 is 1.16 bits per heavy atom. The zero-order valence-corrected chi connectivity index (χ0v) is 17.5. The van der Waals surface area contributed by atoms with Crippen molar-refractivity contribution in [1.29, 1.82) is 0 Å². The summed E-state index contributed by atoms with van der Waals surface area (Å²) in [5, 5.41) is 9.08. The number of hydrogen-bond acceptors (Lipinski definition) is 6. The van der Waals surface area contributed by atoms with Gasteiger partial charge in [0.25, 0.3) is 5.56 Å². The molecular formula is C22H24FN5O3. The molecule has 1 saturated heterocycles. The highest BCUT2D eigenvalue weighted by Crippen LogP contribution is 2.23. The third-order valence-corrected chi connectivity index (χ3v) is 5.67. The molecule has 1 aromatic carbocycles. The number of carboxylic acid groups (broad SMARTS) is 1. The number of pyridine rings is 1. The molecule has 1 aliphatic heterocycles. The van der Waals surface area contributed by atoms with Crippen molar-refractivity contribution < 1.29 is 14.3 Å². The molecule has 2 N–H and O–H groups in total. The van der Waals surface area contributed by atoms with Crippen LogP contribution in [0.2, 0.25) is 0 Å². The standard InChI is InChI=1S/C22H24FN5O3/c1-3-15-21(29)26-20-16(25-15)5-4-14(19(20)23)12-27-8-10-28(11-9-27)18-7-6-17(22(30)31)24-13(18)2/h4-7H,3,8-12H2,1-2H3,(H,26,29)(H,30,31). The summed E-state index contributed by atoms with van der Waals surface area (Å²) in [7, 11) is 0. The predicted molar refractivity (Wildman–Crippen MR) is 115 cm³/mol. The fraction of sp³-hybridized carbons (Fsp3) is 0.364. The molecule has 0 bridgehead atoms. The zero-order valence-electron chi connectivity index (χ0n) is 17.5. The summed E-state index contributed by atoms with van der Waals surface area (Å²) >= 11 is 0. The van der Waals surface area contributed by atoms with Gasteiger partial charge in [-0.05, 0) is 31.5 Å². The molecule has 3 heterocycles. The van der Waals surface area contributed by atoms with E-state index in [1.807, 2.05) is 6.92 Å². The van der Waals surface area contributed by atoms with Crippen molar-refractivity contribution in [3.8, 4) is 0 Å². The number of nitrogens with one attached hydrogen (secondary N) is 1. The van der Waals surface area contributed by atoms with E-state index in [1.165, 1.54) is 6.07 Å². The normalized spacial score (nSPS) is 14.9. The van der Waals surface area contributed by atoms with E-state index in [2.05, 4.69) is 24.8 Å². The number of hydrogen-bond donors (Lipinski definition) is 2. The topological polar surface area (TPSA) is 102 Å². The molecule has 0 radical (unpaired) electrons. The predicted octanol–water partition coefficient (Wildman–Crippen LogP) is 2.35. The van der Waals surface area contributed by atoms with Gasteiger partial charge in [-0.15, -0.1) is 0 Å². The van der Waals surface area contributed by atoms with Crippen LogP contribution in [-0.4, -0.2) is 57.1 Å². The third kappa shape index (κ3) is 4.13. The minimum absolute atomic E-state index is 0.0326. The summed E-state index contributed by atoms with van der Waals surface area (Å²) < 4.78 is 15.0. The minimum Gasteiger partial charge on any atom is -0.477 e. The Balaban J connectivity index is 1.47. The molecule has 31 heavy (non-hydrogen) atoms. The first-order valence-corrected chi connectivity index (χ1v) is 10.3. The Hall–Kier alpha value is -3.33. The summed E-state index contributed by atoms with van der Waals surface area (Å²) in [5.74, 6) is -1.48. The molecule has 0 aliphatic carbocycles. The van der Waals surface area contributed by atoms with Crippen LogP contribution < -0.4 is 10.5 Å². The second-order valence-corrected chi connectivity index (χ2v) is 7.67. The number of piperazine rings is 1. The first kappa shape index (κ1) is 20.9. The highest BCUT2D eigenvalue weighted by molar-refractivity contribution is 5.85. The van der Waals surface area contributed by atoms with Crippen LogP contribution in [-0.2, 0) is 13.0 Å². The maximum absolute atomic E-state index is 15.0. The minimum atomic E-state index is -1.04. The molecule has 0 amide bonds. The van der Waals surface area contributed by atoms with Crippen molar-refractivity contribution in [2.24, 2.45) is 0 Å². The average molecular weight is 425 g/mol. The number of aromatic carboxylic acids is 1. The van der Waals surface area contributed by atoms with Crippen molar-refractivity contribution >= 4 is 22.7 Å². The molecule has 9 heteroatoms. The number of aromatic amines is 1. The van der Waals surface area contributed by atoms with Gasteiger partial charge in [0.15, 0.2) is 5.82 Å². The Kier molecular flexibility index (Phi) is 5.69. The van der Waals surface area contributed by atoms with Crippen molar-refractivity contribution in [1.82, 2.24) is 19.9 Å². The fourth-order valence-corrected chi connectivity index (χ4v) is 3.96. The van der Waals surface area contributed by atoms with Gasteiger partial charge in [-0.3, -0.25) is 9.69 Å². The van der Waals surface area contributed by atoms with Crippen LogP contribution in [0.1, 0.15) is 34.4 Å². The van der Waals surface area contributed by atoms with Gasteiger partial charge in [0.05, 0.1) is 16.9 Å². The van der Waals surface area contributed by atoms with Crippen molar-refractivity contribution in [2.75, 3.05) is 31.1 Å². The lowest BCUT2D eigenvalue weighted by atomic mass is 10.1. The maximum Gasteiger partial charge on any atom is 0.354 e. The average Bonchev–Trinajstić information content (AvgIpc) is 2.76. The molecule has 8 nitrogen and oxygen atoms in total. The van der Waals surface area contributed by atoms with Gasteiger partial charge in [0.2, 0.25) is 0 Å². The van der Waals surface area contributed by atoms with Gasteiger partial charge in [0.1, 0.15) is 16.9 Å². The van der Waals surface area contributed by atoms with Gasteiger partial charge in [-0.25, -0.2) is 19.2 Å². The lowest BCUT2D eigenvalue weighted by molar-refractivity contribution is 0.0690. The molecule has 0 saturated carbocycles. The SMILES string of the molecule is CCc1nc2ccc(CN3CCN(c4ccc(C(=O)O)nc4C)CC3)c(F)c2[nH]c1=O. The third-order valence-electron chi connectivity index (χ3n) is 5.67. The van der Waals surface area contributed by atoms with Gasteiger partial charge >= 0.3 is 5.97 Å². The van der Waals surface area contributed by atoms with Gasteiger partial charge < -0.3 is 15.0 Å². The number of benzene rings is 1. The van der Waals surface area contributed by atoms with Crippen LogP contribution in [0.25, 0.3) is 11.0 Å². The summed E-state index contributed by atoms with van der Waals surface area (Å²) in [6, 6.07) is 6.78. The number of nitrogens with zero attached hydrogens (tertiary/aromatic N) is 4. The molecule has 1 fully saturated rings. The number of carbonyl (C=O) groups is 1. The first-order valence-electron chi connectivity index (χ1n) is 10.3. The van der Waals surface area contributed by atoms with E-state index in [1.54, 1.807) is 25.1 Å². The van der Waals surface area contributed by atoms with Gasteiger partial charge in [-0.2, -0.15) is 0 Å². The Bertz CT molecular complexity index is 1200. The lowest BCUT2D eigenvalue weighted by Gasteiger charge is -2.36. The number of aromatic nitrogens is 3. The molecule has 0 atom stereocenters. The molecule has 1 aliphatic rings. The summed E-state index contributed by atoms with van der Waals surface area (Å²) in [5.41, 5.74) is 2.80. The molecular weight excluding hydrogens is 401 g/mol. The number of aryl methyl sites for hydroxylation is 2. The van der Waals surface area contributed by atoms with E-state index in [-0.39, 0.29) is 16.8 Å². The largest absolute Gasteiger partial charge is 0.477 e. The molecule has 162 valence electrons. The number of fused-ring (bicyclic) bond motifs is 1. The number of anilines is 1. The van der Waals surface area contributed by atoms with E-state index in [0.717, 1.165) is 31.9 Å². The number of halogens is 1. The van der Waals surface area contributed by atoms with Gasteiger partial charge in [0, 0.05) is 38.3 Å². The molecule has 0 spiro atoms. The first-order chi connectivity index (χ1) is 14.9. The van der Waals surface area contributed by atoms with E-state index in [0.29, 0.717) is 35.4 Å². The summed E-state index contributed by atoms with van der Waals surface area (Å²) in [6.07, 6.45) is 0.493. The van der Waals surface area contributed by atoms with Crippen LogP contribution in [0.3, 0.4) is 0 Å². The number of rotatable bonds is 5. The van der Waals surface area contributed by atoms with Crippen LogP contribution in [0.4, 0.5) is 10.1 Å². The Morgan fingerprint density at radius 2 is 1.90 bits per heavy atom. The second-order valence-electron chi connectivity index (χ2n) is 7.67. The molecule has 0 unspecified atom stereocenters. The number of carboxylic acids is 1. The molecule has 2 aromatic heterocycles. The zero-order chi connectivity index (χ0) is 22.1. The highest BCUT2D eigenvalue weighted by atomic mass is 19.1. The van der Waals surface area contributed by atoms with E-state index >= 15 is 4.39 Å². The quantitative estimate of drug-likeness (QED) is 0.647. The van der Waals surface area contributed by atoms with Crippen LogP contribution >= 0.6 is 0 Å². The second kappa shape index (κ2) is 8.43. The van der Waals surface area contributed by atoms with Crippen LogP contribution in [0.5, 0.6) is 0 Å². The summed E-state index contributed by atoms with van der Waals surface area (Å²) in [4.78, 5) is 38.5. The maximum atomic E-state index is 15.0. The summed E-state index contributed by atoms with van der Waals surface area (Å²) in [6.45, 7) is 6.97. The van der Waals surface area contributed by atoms with E-state index < -0.39 is 11.8 Å². The molecule has 4 rings (SSSR count). The van der Waals surface area contributed by atoms with E-state index in [4.69, 9.17) is 5.11 Å². The Labute approximate surface area is 178 Å². The van der Waals surface area contributed by atoms with Crippen molar-refractivity contribution in [3.05, 3.63) is 63.1 Å². The highest BCUT2D eigenvalue weighted by Gasteiger charge is 2.21.